The number of hydrogen-bond acceptors (Lipinski definition) is 2. The number of nitrogens with zero attached hydrogens (tertiary/aromatic N) is 1. The van der Waals surface area contributed by atoms with Crippen molar-refractivity contribution in [3.05, 3.63) is 54.1 Å². The molecule has 1 aromatic carbocycles. The molecule has 0 saturated carbocycles. The Morgan fingerprint density at radius 1 is 1.10 bits per heavy atom. The molecule has 8 heteroatoms. The highest BCUT2D eigenvalue weighted by Gasteiger charge is 2.33. The lowest BCUT2D eigenvalue weighted by atomic mass is 10.1. The fourth-order valence-electron chi connectivity index (χ4n) is 1.60. The third-order valence-corrected chi connectivity index (χ3v) is 2.44. The normalized spacial score (nSPS) is 11.0. The van der Waals surface area contributed by atoms with E-state index in [1.165, 1.54) is 18.3 Å². The van der Waals surface area contributed by atoms with E-state index in [1.54, 1.807) is 0 Å². The largest absolute Gasteiger partial charge is 0.418 e. The number of rotatable bonds is 2. The van der Waals surface area contributed by atoms with Gasteiger partial charge in [0, 0.05) is 6.07 Å². The molecule has 0 atom stereocenters. The molecule has 0 saturated heterocycles. The first-order valence-electron chi connectivity index (χ1n) is 5.71. The number of nitrogens with one attached hydrogen (secondary N) is 2. The van der Waals surface area contributed by atoms with E-state index in [9.17, 15) is 22.4 Å². The van der Waals surface area contributed by atoms with E-state index in [1.807, 2.05) is 0 Å². The van der Waals surface area contributed by atoms with E-state index >= 15 is 0 Å². The summed E-state index contributed by atoms with van der Waals surface area (Å²) in [6.07, 6.45) is -2.50. The predicted octanol–water partition coefficient (Wildman–Crippen LogP) is 3.88. The number of hydrogen-bond donors (Lipinski definition) is 2. The van der Waals surface area contributed by atoms with E-state index in [-0.39, 0.29) is 5.69 Å². The summed E-state index contributed by atoms with van der Waals surface area (Å²) >= 11 is 0. The molecule has 0 bridgehead atoms. The summed E-state index contributed by atoms with van der Waals surface area (Å²) in [6.45, 7) is 0. The second-order valence-electron chi connectivity index (χ2n) is 4.01. The number of amides is 2. The van der Waals surface area contributed by atoms with Gasteiger partial charge in [0.05, 0.1) is 29.3 Å². The van der Waals surface area contributed by atoms with E-state index in [0.29, 0.717) is 0 Å². The Morgan fingerprint density at radius 2 is 1.81 bits per heavy atom. The first-order valence-corrected chi connectivity index (χ1v) is 5.71. The van der Waals surface area contributed by atoms with Crippen LogP contribution in [0.15, 0.2) is 42.7 Å². The van der Waals surface area contributed by atoms with Crippen LogP contribution in [0.5, 0.6) is 0 Å². The van der Waals surface area contributed by atoms with Crippen molar-refractivity contribution in [3.8, 4) is 0 Å². The van der Waals surface area contributed by atoms with Crippen LogP contribution in [0.25, 0.3) is 0 Å². The molecule has 2 aromatic rings. The molecule has 1 aromatic heterocycles. The first kappa shape index (κ1) is 14.8. The molecule has 110 valence electrons. The summed E-state index contributed by atoms with van der Waals surface area (Å²) in [5.74, 6) is -0.677. The molecule has 21 heavy (non-hydrogen) atoms. The minimum atomic E-state index is -4.59. The smallest absolute Gasteiger partial charge is 0.307 e. The maximum atomic E-state index is 12.9. The molecule has 2 N–H and O–H groups in total. The van der Waals surface area contributed by atoms with Gasteiger partial charge in [-0.25, -0.2) is 9.18 Å². The molecule has 0 aliphatic carbocycles. The average molecular weight is 299 g/mol. The van der Waals surface area contributed by atoms with Gasteiger partial charge < -0.3 is 10.6 Å². The van der Waals surface area contributed by atoms with Crippen LogP contribution in [0.1, 0.15) is 5.56 Å². The van der Waals surface area contributed by atoms with E-state index in [2.05, 4.69) is 15.6 Å². The van der Waals surface area contributed by atoms with Crippen molar-refractivity contribution in [2.24, 2.45) is 0 Å². The zero-order valence-corrected chi connectivity index (χ0v) is 10.4. The van der Waals surface area contributed by atoms with Crippen LogP contribution in [0, 0.1) is 5.82 Å². The summed E-state index contributed by atoms with van der Waals surface area (Å²) in [4.78, 5) is 15.1. The lowest BCUT2D eigenvalue weighted by Crippen LogP contribution is -2.22. The van der Waals surface area contributed by atoms with Crippen molar-refractivity contribution < 1.29 is 22.4 Å². The molecule has 2 rings (SSSR count). The highest BCUT2D eigenvalue weighted by molar-refractivity contribution is 6.00. The van der Waals surface area contributed by atoms with E-state index in [0.717, 1.165) is 24.4 Å². The van der Waals surface area contributed by atoms with Crippen LogP contribution in [0.4, 0.5) is 33.7 Å². The van der Waals surface area contributed by atoms with Gasteiger partial charge in [-0.05, 0) is 12.1 Å². The Bertz CT molecular complexity index is 658. The van der Waals surface area contributed by atoms with Crippen molar-refractivity contribution in [1.29, 1.82) is 0 Å². The number of carbonyl (C=O) groups excluding carboxylic acids is 1. The fourth-order valence-corrected chi connectivity index (χ4v) is 1.60. The Labute approximate surface area is 116 Å². The SMILES string of the molecule is O=C(Nc1cncc(F)c1)Nc1ccccc1C(F)(F)F. The van der Waals surface area contributed by atoms with Crippen molar-refractivity contribution >= 4 is 17.4 Å². The van der Waals surface area contributed by atoms with Gasteiger partial charge in [-0.3, -0.25) is 4.98 Å². The van der Waals surface area contributed by atoms with Gasteiger partial charge >= 0.3 is 12.2 Å². The fraction of sp³-hybridized carbons (Fsp3) is 0.0769. The average Bonchev–Trinajstić information content (AvgIpc) is 2.37. The number of para-hydroxylation sites is 1. The Kier molecular flexibility index (Phi) is 4.06. The predicted molar refractivity (Wildman–Crippen MR) is 68.3 cm³/mol. The zero-order chi connectivity index (χ0) is 15.5. The number of alkyl halides is 3. The van der Waals surface area contributed by atoms with Gasteiger partial charge in [-0.2, -0.15) is 13.2 Å². The van der Waals surface area contributed by atoms with Crippen LogP contribution < -0.4 is 10.6 Å². The molecule has 2 amide bonds. The highest BCUT2D eigenvalue weighted by Crippen LogP contribution is 2.34. The number of carbonyl (C=O) groups is 1. The van der Waals surface area contributed by atoms with Crippen molar-refractivity contribution in [2.75, 3.05) is 10.6 Å². The van der Waals surface area contributed by atoms with Crippen LogP contribution in [-0.2, 0) is 6.18 Å². The van der Waals surface area contributed by atoms with Gasteiger partial charge in [0.2, 0.25) is 0 Å². The minimum Gasteiger partial charge on any atom is -0.307 e. The topological polar surface area (TPSA) is 54.0 Å². The van der Waals surface area contributed by atoms with Crippen molar-refractivity contribution in [3.63, 3.8) is 0 Å². The zero-order valence-electron chi connectivity index (χ0n) is 10.4. The highest BCUT2D eigenvalue weighted by atomic mass is 19.4. The number of aromatic nitrogens is 1. The molecule has 0 radical (unpaired) electrons. The van der Waals surface area contributed by atoms with Gasteiger partial charge in [-0.1, -0.05) is 12.1 Å². The maximum absolute atomic E-state index is 12.9. The first-order chi connectivity index (χ1) is 9.86. The Hall–Kier alpha value is -2.64. The minimum absolute atomic E-state index is 0.0250. The maximum Gasteiger partial charge on any atom is 0.418 e. The number of pyridine rings is 1. The van der Waals surface area contributed by atoms with Crippen LogP contribution >= 0.6 is 0 Å². The summed E-state index contributed by atoms with van der Waals surface area (Å²) in [6, 6.07) is 4.59. The molecule has 0 fully saturated rings. The summed E-state index contributed by atoms with van der Waals surface area (Å²) in [5.41, 5.74) is -1.35. The van der Waals surface area contributed by atoms with E-state index in [4.69, 9.17) is 0 Å². The number of anilines is 2. The lowest BCUT2D eigenvalue weighted by molar-refractivity contribution is -0.136. The Balaban J connectivity index is 2.14. The molecule has 0 aliphatic heterocycles. The monoisotopic (exact) mass is 299 g/mol. The molecule has 1 heterocycles. The van der Waals surface area contributed by atoms with Gasteiger partial charge in [0.15, 0.2) is 0 Å². The molecule has 4 nitrogen and oxygen atoms in total. The van der Waals surface area contributed by atoms with Crippen LogP contribution in [-0.4, -0.2) is 11.0 Å². The number of halogens is 4. The van der Waals surface area contributed by atoms with Crippen molar-refractivity contribution in [1.82, 2.24) is 4.98 Å². The van der Waals surface area contributed by atoms with Crippen molar-refractivity contribution in [2.45, 2.75) is 6.18 Å². The molecular weight excluding hydrogens is 290 g/mol. The standard InChI is InChI=1S/C13H9F4N3O/c14-8-5-9(7-18-6-8)19-12(21)20-11-4-2-1-3-10(11)13(15,16)17/h1-7H,(H2,19,20,21). The Morgan fingerprint density at radius 3 is 2.48 bits per heavy atom. The number of benzene rings is 1. The van der Waals surface area contributed by atoms with Gasteiger partial charge in [-0.15, -0.1) is 0 Å². The molecule has 0 unspecified atom stereocenters. The van der Waals surface area contributed by atoms with Gasteiger partial charge in [0.25, 0.3) is 0 Å². The second kappa shape index (κ2) is 5.78. The van der Waals surface area contributed by atoms with Crippen LogP contribution in [0.3, 0.4) is 0 Å². The second-order valence-corrected chi connectivity index (χ2v) is 4.01. The third kappa shape index (κ3) is 3.91. The lowest BCUT2D eigenvalue weighted by Gasteiger charge is -2.13. The molecular formula is C13H9F4N3O. The summed E-state index contributed by atoms with van der Waals surface area (Å²) in [7, 11) is 0. The van der Waals surface area contributed by atoms with E-state index < -0.39 is 29.3 Å². The quantitative estimate of drug-likeness (QED) is 0.827. The summed E-state index contributed by atoms with van der Waals surface area (Å²) in [5, 5.41) is 4.25. The number of urea groups is 1. The molecule has 0 aliphatic rings. The third-order valence-electron chi connectivity index (χ3n) is 2.44. The van der Waals surface area contributed by atoms with Gasteiger partial charge in [0.1, 0.15) is 5.82 Å². The molecule has 0 spiro atoms. The van der Waals surface area contributed by atoms with Crippen LogP contribution in [0.2, 0.25) is 0 Å². The summed E-state index contributed by atoms with van der Waals surface area (Å²) < 4.78 is 51.1.